The standard InChI is InChI=1S/C15H32/c1-9-13(4,5)12-15(8,11-3)14(6,7)10-2/h9-12H2,1-8H3/t15-/m1/s1. The molecule has 0 radical (unpaired) electrons. The van der Waals surface area contributed by atoms with Gasteiger partial charge in [0.05, 0.1) is 0 Å². The Morgan fingerprint density at radius 1 is 0.667 bits per heavy atom. The largest absolute Gasteiger partial charge is 0.0649 e. The zero-order valence-electron chi connectivity index (χ0n) is 12.3. The van der Waals surface area contributed by atoms with Crippen molar-refractivity contribution in [2.75, 3.05) is 0 Å². The molecule has 0 unspecified atom stereocenters. The van der Waals surface area contributed by atoms with Crippen LogP contribution in [0.3, 0.4) is 0 Å². The van der Waals surface area contributed by atoms with Gasteiger partial charge in [0.1, 0.15) is 0 Å². The van der Waals surface area contributed by atoms with Crippen molar-refractivity contribution < 1.29 is 0 Å². The molecule has 0 aromatic heterocycles. The third kappa shape index (κ3) is 3.50. The zero-order valence-corrected chi connectivity index (χ0v) is 12.3. The molecule has 0 amide bonds. The Kier molecular flexibility index (Phi) is 4.89. The summed E-state index contributed by atoms with van der Waals surface area (Å²) in [5.41, 5.74) is 1.41. The number of rotatable bonds is 6. The average Bonchev–Trinajstić information content (AvgIpc) is 2.16. The van der Waals surface area contributed by atoms with Crippen LogP contribution in [0.2, 0.25) is 0 Å². The highest BCUT2D eigenvalue weighted by atomic mass is 14.5. The fourth-order valence-corrected chi connectivity index (χ4v) is 2.45. The van der Waals surface area contributed by atoms with Gasteiger partial charge >= 0.3 is 0 Å². The Bertz CT molecular complexity index is 188. The van der Waals surface area contributed by atoms with Gasteiger partial charge in [0.15, 0.2) is 0 Å². The van der Waals surface area contributed by atoms with Crippen LogP contribution in [-0.2, 0) is 0 Å². The summed E-state index contributed by atoms with van der Waals surface area (Å²) in [6.07, 6.45) is 5.19. The molecular weight excluding hydrogens is 180 g/mol. The van der Waals surface area contributed by atoms with Crippen LogP contribution < -0.4 is 0 Å². The van der Waals surface area contributed by atoms with Gasteiger partial charge in [-0.25, -0.2) is 0 Å². The van der Waals surface area contributed by atoms with Crippen molar-refractivity contribution in [1.82, 2.24) is 0 Å². The van der Waals surface area contributed by atoms with Crippen LogP contribution in [0.25, 0.3) is 0 Å². The van der Waals surface area contributed by atoms with Crippen molar-refractivity contribution in [3.63, 3.8) is 0 Å². The smallest absolute Gasteiger partial charge is 0.0272 e. The molecule has 0 aromatic rings. The molecule has 92 valence electrons. The molecule has 0 spiro atoms. The second-order valence-corrected chi connectivity index (χ2v) is 6.85. The Hall–Kier alpha value is 0. The van der Waals surface area contributed by atoms with E-state index in [9.17, 15) is 0 Å². The van der Waals surface area contributed by atoms with Crippen LogP contribution >= 0.6 is 0 Å². The first-order valence-corrected chi connectivity index (χ1v) is 6.64. The van der Waals surface area contributed by atoms with Gasteiger partial charge in [0, 0.05) is 0 Å². The summed E-state index contributed by atoms with van der Waals surface area (Å²) >= 11 is 0. The van der Waals surface area contributed by atoms with Gasteiger partial charge in [0.25, 0.3) is 0 Å². The maximum Gasteiger partial charge on any atom is -0.0272 e. The van der Waals surface area contributed by atoms with Crippen LogP contribution in [-0.4, -0.2) is 0 Å². The normalized spacial score (nSPS) is 17.6. The van der Waals surface area contributed by atoms with Crippen molar-refractivity contribution in [2.45, 2.75) is 81.1 Å². The van der Waals surface area contributed by atoms with E-state index in [-0.39, 0.29) is 0 Å². The number of hydrogen-bond acceptors (Lipinski definition) is 0. The Labute approximate surface area is 97.8 Å². The molecule has 0 aromatic carbocycles. The van der Waals surface area contributed by atoms with Crippen molar-refractivity contribution in [3.8, 4) is 0 Å². The highest BCUT2D eigenvalue weighted by Gasteiger charge is 2.41. The molecule has 0 nitrogen and oxygen atoms in total. The lowest BCUT2D eigenvalue weighted by atomic mass is 9.57. The summed E-state index contributed by atoms with van der Waals surface area (Å²) in [5.74, 6) is 0. The molecule has 0 saturated carbocycles. The van der Waals surface area contributed by atoms with Gasteiger partial charge in [-0.15, -0.1) is 0 Å². The van der Waals surface area contributed by atoms with E-state index >= 15 is 0 Å². The molecule has 15 heavy (non-hydrogen) atoms. The van der Waals surface area contributed by atoms with E-state index < -0.39 is 0 Å². The summed E-state index contributed by atoms with van der Waals surface area (Å²) in [4.78, 5) is 0. The minimum absolute atomic E-state index is 0.453. The second-order valence-electron chi connectivity index (χ2n) is 6.85. The molecule has 0 heterocycles. The van der Waals surface area contributed by atoms with Gasteiger partial charge in [-0.05, 0) is 22.7 Å². The second kappa shape index (κ2) is 4.89. The lowest BCUT2D eigenvalue weighted by Crippen LogP contribution is -2.38. The Morgan fingerprint density at radius 3 is 1.40 bits per heavy atom. The van der Waals surface area contributed by atoms with Gasteiger partial charge < -0.3 is 0 Å². The minimum atomic E-state index is 0.453. The zero-order chi connectivity index (χ0) is 12.3. The maximum absolute atomic E-state index is 2.48. The molecule has 0 bridgehead atoms. The first-order chi connectivity index (χ1) is 6.64. The molecular formula is C15H32. The lowest BCUT2D eigenvalue weighted by molar-refractivity contribution is 0.0257. The molecule has 1 atom stereocenters. The Balaban J connectivity index is 4.87. The van der Waals surface area contributed by atoms with Crippen LogP contribution in [0.15, 0.2) is 0 Å². The summed E-state index contributed by atoms with van der Waals surface area (Å²) in [6, 6.07) is 0. The van der Waals surface area contributed by atoms with Crippen LogP contribution in [0, 0.1) is 16.2 Å². The molecule has 0 heteroatoms. The molecule has 0 rings (SSSR count). The first-order valence-electron chi connectivity index (χ1n) is 6.64. The van der Waals surface area contributed by atoms with Gasteiger partial charge in [-0.2, -0.15) is 0 Å². The molecule has 0 aliphatic carbocycles. The monoisotopic (exact) mass is 212 g/mol. The Morgan fingerprint density at radius 2 is 1.13 bits per heavy atom. The van der Waals surface area contributed by atoms with E-state index in [0.29, 0.717) is 16.2 Å². The van der Waals surface area contributed by atoms with Crippen LogP contribution in [0.5, 0.6) is 0 Å². The fourth-order valence-electron chi connectivity index (χ4n) is 2.45. The molecule has 0 aliphatic heterocycles. The number of hydrogen-bond donors (Lipinski definition) is 0. The van der Waals surface area contributed by atoms with Gasteiger partial charge in [-0.3, -0.25) is 0 Å². The van der Waals surface area contributed by atoms with Crippen molar-refractivity contribution in [1.29, 1.82) is 0 Å². The highest BCUT2D eigenvalue weighted by molar-refractivity contribution is 4.91. The van der Waals surface area contributed by atoms with Crippen molar-refractivity contribution in [2.24, 2.45) is 16.2 Å². The van der Waals surface area contributed by atoms with E-state index in [1.165, 1.54) is 25.7 Å². The lowest BCUT2D eigenvalue weighted by Gasteiger charge is -2.48. The SMILES string of the molecule is CCC(C)(C)C[C@@](C)(CC)C(C)(C)CC. The molecule has 0 saturated heterocycles. The first kappa shape index (κ1) is 15.0. The highest BCUT2D eigenvalue weighted by Crippen LogP contribution is 2.51. The third-order valence-corrected chi connectivity index (χ3v) is 5.12. The van der Waals surface area contributed by atoms with Crippen molar-refractivity contribution in [3.05, 3.63) is 0 Å². The predicted octanol–water partition coefficient (Wildman–Crippen LogP) is 5.67. The van der Waals surface area contributed by atoms with E-state index in [0.717, 1.165) is 0 Å². The summed E-state index contributed by atoms with van der Waals surface area (Å²) in [5, 5.41) is 0. The maximum atomic E-state index is 2.48. The van der Waals surface area contributed by atoms with Crippen molar-refractivity contribution >= 4 is 0 Å². The van der Waals surface area contributed by atoms with Gasteiger partial charge in [0.2, 0.25) is 0 Å². The molecule has 0 fully saturated rings. The van der Waals surface area contributed by atoms with E-state index in [1.807, 2.05) is 0 Å². The fraction of sp³-hybridized carbons (Fsp3) is 1.00. The molecule has 0 N–H and O–H groups in total. The summed E-state index contributed by atoms with van der Waals surface area (Å²) in [7, 11) is 0. The average molecular weight is 212 g/mol. The third-order valence-electron chi connectivity index (χ3n) is 5.12. The summed E-state index contributed by atoms with van der Waals surface area (Å²) < 4.78 is 0. The molecule has 0 aliphatic rings. The van der Waals surface area contributed by atoms with E-state index in [1.54, 1.807) is 0 Å². The quantitative estimate of drug-likeness (QED) is 0.532. The topological polar surface area (TPSA) is 0 Å². The van der Waals surface area contributed by atoms with E-state index in [4.69, 9.17) is 0 Å². The minimum Gasteiger partial charge on any atom is -0.0649 e. The van der Waals surface area contributed by atoms with Crippen LogP contribution in [0.1, 0.15) is 81.1 Å². The predicted molar refractivity (Wildman–Crippen MR) is 71.2 cm³/mol. The van der Waals surface area contributed by atoms with Crippen LogP contribution in [0.4, 0.5) is 0 Å². The van der Waals surface area contributed by atoms with E-state index in [2.05, 4.69) is 55.4 Å². The van der Waals surface area contributed by atoms with Gasteiger partial charge in [-0.1, -0.05) is 74.7 Å². The summed E-state index contributed by atoms with van der Waals surface area (Å²) in [6.45, 7) is 19.2.